The average Bonchev–Trinajstić information content (AvgIpc) is 2.49. The zero-order chi connectivity index (χ0) is 15.2. The van der Waals surface area contributed by atoms with Crippen molar-refractivity contribution in [3.63, 3.8) is 0 Å². The van der Waals surface area contributed by atoms with Crippen LogP contribution in [0.4, 0.5) is 0 Å². The smallest absolute Gasteiger partial charge is 0.161 e. The number of hydrogen-bond donors (Lipinski definition) is 1. The van der Waals surface area contributed by atoms with Crippen molar-refractivity contribution in [2.75, 3.05) is 13.7 Å². The van der Waals surface area contributed by atoms with E-state index in [-0.39, 0.29) is 0 Å². The summed E-state index contributed by atoms with van der Waals surface area (Å²) in [5.74, 6) is 1.34. The number of benzene rings is 2. The fourth-order valence-electron chi connectivity index (χ4n) is 1.97. The normalized spacial score (nSPS) is 10.5. The first-order chi connectivity index (χ1) is 10.1. The van der Waals surface area contributed by atoms with E-state index in [4.69, 9.17) is 38.4 Å². The molecule has 2 N–H and O–H groups in total. The predicted molar refractivity (Wildman–Crippen MR) is 86.5 cm³/mol. The van der Waals surface area contributed by atoms with Crippen LogP contribution >= 0.6 is 23.2 Å². The number of rotatable bonds is 6. The lowest BCUT2D eigenvalue weighted by Crippen LogP contribution is -2.04. The maximum absolute atomic E-state index is 6.13. The molecular formula is C16H17Cl2NO2. The number of hydrogen-bond acceptors (Lipinski definition) is 3. The van der Waals surface area contributed by atoms with Crippen LogP contribution in [0, 0.1) is 0 Å². The van der Waals surface area contributed by atoms with E-state index >= 15 is 0 Å². The van der Waals surface area contributed by atoms with Gasteiger partial charge in [0.25, 0.3) is 0 Å². The van der Waals surface area contributed by atoms with E-state index in [1.54, 1.807) is 25.3 Å². The minimum atomic E-state index is 0.321. The summed E-state index contributed by atoms with van der Waals surface area (Å²) >= 11 is 12.1. The topological polar surface area (TPSA) is 44.5 Å². The van der Waals surface area contributed by atoms with Gasteiger partial charge in [-0.3, -0.25) is 0 Å². The van der Waals surface area contributed by atoms with E-state index in [1.807, 2.05) is 18.2 Å². The molecule has 112 valence electrons. The summed E-state index contributed by atoms with van der Waals surface area (Å²) in [5, 5.41) is 1.25. The standard InChI is InChI=1S/C16H17Cl2NO2/c1-20-15-5-2-11(6-7-19)8-16(15)21-10-12-9-13(17)3-4-14(12)18/h2-5,8-9H,6-7,10,19H2,1H3. The third kappa shape index (κ3) is 4.27. The third-order valence-corrected chi connectivity index (χ3v) is 3.66. The molecule has 0 heterocycles. The summed E-state index contributed by atoms with van der Waals surface area (Å²) in [4.78, 5) is 0. The van der Waals surface area contributed by atoms with Gasteiger partial charge in [0.05, 0.1) is 7.11 Å². The Morgan fingerprint density at radius 1 is 1.05 bits per heavy atom. The first-order valence-corrected chi connectivity index (χ1v) is 7.33. The van der Waals surface area contributed by atoms with Gasteiger partial charge < -0.3 is 15.2 Å². The molecule has 0 saturated heterocycles. The van der Waals surface area contributed by atoms with E-state index in [1.165, 1.54) is 0 Å². The van der Waals surface area contributed by atoms with Crippen molar-refractivity contribution in [3.05, 3.63) is 57.6 Å². The zero-order valence-corrected chi connectivity index (χ0v) is 13.2. The summed E-state index contributed by atoms with van der Waals surface area (Å²) < 4.78 is 11.1. The average molecular weight is 326 g/mol. The van der Waals surface area contributed by atoms with Gasteiger partial charge in [0.15, 0.2) is 11.5 Å². The Balaban J connectivity index is 2.18. The highest BCUT2D eigenvalue weighted by Crippen LogP contribution is 2.30. The molecule has 5 heteroatoms. The molecule has 2 aromatic carbocycles. The Kier molecular flexibility index (Phi) is 5.74. The van der Waals surface area contributed by atoms with E-state index in [2.05, 4.69) is 0 Å². The lowest BCUT2D eigenvalue weighted by molar-refractivity contribution is 0.284. The molecule has 0 bridgehead atoms. The molecule has 2 aromatic rings. The van der Waals surface area contributed by atoms with Crippen molar-refractivity contribution in [1.82, 2.24) is 0 Å². The highest BCUT2D eigenvalue weighted by Gasteiger charge is 2.08. The molecule has 3 nitrogen and oxygen atoms in total. The predicted octanol–water partition coefficient (Wildman–Crippen LogP) is 4.08. The van der Waals surface area contributed by atoms with E-state index in [0.29, 0.717) is 34.7 Å². The van der Waals surface area contributed by atoms with Crippen LogP contribution < -0.4 is 15.2 Å². The van der Waals surface area contributed by atoms with Crippen LogP contribution in [-0.4, -0.2) is 13.7 Å². The van der Waals surface area contributed by atoms with Crippen LogP contribution in [0.3, 0.4) is 0 Å². The Morgan fingerprint density at radius 3 is 2.57 bits per heavy atom. The number of methoxy groups -OCH3 is 1. The van der Waals surface area contributed by atoms with Crippen molar-refractivity contribution in [2.24, 2.45) is 5.73 Å². The summed E-state index contributed by atoms with van der Waals surface area (Å²) in [6.45, 7) is 0.910. The van der Waals surface area contributed by atoms with Gasteiger partial charge in [-0.1, -0.05) is 29.3 Å². The molecule has 0 unspecified atom stereocenters. The Morgan fingerprint density at radius 2 is 1.86 bits per heavy atom. The van der Waals surface area contributed by atoms with Crippen molar-refractivity contribution < 1.29 is 9.47 Å². The van der Waals surface area contributed by atoms with Crippen LogP contribution in [-0.2, 0) is 13.0 Å². The SMILES string of the molecule is COc1ccc(CCN)cc1OCc1cc(Cl)ccc1Cl. The van der Waals surface area contributed by atoms with Crippen molar-refractivity contribution in [2.45, 2.75) is 13.0 Å². The van der Waals surface area contributed by atoms with Crippen LogP contribution in [0.15, 0.2) is 36.4 Å². The van der Waals surface area contributed by atoms with Gasteiger partial charge in [-0.15, -0.1) is 0 Å². The van der Waals surface area contributed by atoms with Crippen LogP contribution in [0.25, 0.3) is 0 Å². The monoisotopic (exact) mass is 325 g/mol. The van der Waals surface area contributed by atoms with Gasteiger partial charge in [0.2, 0.25) is 0 Å². The van der Waals surface area contributed by atoms with Crippen molar-refractivity contribution in [1.29, 1.82) is 0 Å². The highest BCUT2D eigenvalue weighted by molar-refractivity contribution is 6.33. The van der Waals surface area contributed by atoms with Crippen LogP contribution in [0.2, 0.25) is 10.0 Å². The summed E-state index contributed by atoms with van der Waals surface area (Å²) in [7, 11) is 1.61. The summed E-state index contributed by atoms with van der Waals surface area (Å²) in [6, 6.07) is 11.1. The number of nitrogens with two attached hydrogens (primary N) is 1. The molecule has 0 aromatic heterocycles. The molecule has 0 amide bonds. The van der Waals surface area contributed by atoms with Gasteiger partial charge in [0.1, 0.15) is 6.61 Å². The van der Waals surface area contributed by atoms with Gasteiger partial charge in [-0.25, -0.2) is 0 Å². The lowest BCUT2D eigenvalue weighted by Gasteiger charge is -2.13. The van der Waals surface area contributed by atoms with E-state index in [0.717, 1.165) is 17.5 Å². The van der Waals surface area contributed by atoms with Crippen LogP contribution in [0.1, 0.15) is 11.1 Å². The zero-order valence-electron chi connectivity index (χ0n) is 11.7. The second-order valence-corrected chi connectivity index (χ2v) is 5.39. The molecule has 0 aliphatic heterocycles. The van der Waals surface area contributed by atoms with Crippen molar-refractivity contribution in [3.8, 4) is 11.5 Å². The van der Waals surface area contributed by atoms with Crippen LogP contribution in [0.5, 0.6) is 11.5 Å². The van der Waals surface area contributed by atoms with E-state index < -0.39 is 0 Å². The molecule has 0 aliphatic carbocycles. The molecule has 0 aliphatic rings. The van der Waals surface area contributed by atoms with Gasteiger partial charge in [-0.2, -0.15) is 0 Å². The molecule has 0 spiro atoms. The quantitative estimate of drug-likeness (QED) is 0.870. The molecule has 0 saturated carbocycles. The second-order valence-electron chi connectivity index (χ2n) is 4.55. The molecule has 21 heavy (non-hydrogen) atoms. The third-order valence-electron chi connectivity index (χ3n) is 3.05. The van der Waals surface area contributed by atoms with E-state index in [9.17, 15) is 0 Å². The minimum Gasteiger partial charge on any atom is -0.493 e. The number of ether oxygens (including phenoxy) is 2. The minimum absolute atomic E-state index is 0.321. The first kappa shape index (κ1) is 16.0. The molecule has 0 fully saturated rings. The number of halogens is 2. The second kappa shape index (κ2) is 7.55. The Hall–Kier alpha value is -1.42. The largest absolute Gasteiger partial charge is 0.493 e. The first-order valence-electron chi connectivity index (χ1n) is 6.57. The Labute approximate surface area is 134 Å². The molecule has 2 rings (SSSR count). The molecule has 0 atom stereocenters. The maximum Gasteiger partial charge on any atom is 0.161 e. The summed E-state index contributed by atoms with van der Waals surface area (Å²) in [5.41, 5.74) is 7.51. The fourth-order valence-corrected chi connectivity index (χ4v) is 2.33. The summed E-state index contributed by atoms with van der Waals surface area (Å²) in [6.07, 6.45) is 0.790. The Bertz CT molecular complexity index is 617. The molecule has 0 radical (unpaired) electrons. The highest BCUT2D eigenvalue weighted by atomic mass is 35.5. The van der Waals surface area contributed by atoms with Crippen molar-refractivity contribution >= 4 is 23.2 Å². The van der Waals surface area contributed by atoms with Gasteiger partial charge in [0, 0.05) is 15.6 Å². The lowest BCUT2D eigenvalue weighted by atomic mass is 10.1. The van der Waals surface area contributed by atoms with Gasteiger partial charge in [-0.05, 0) is 48.9 Å². The fraction of sp³-hybridized carbons (Fsp3) is 0.250. The van der Waals surface area contributed by atoms with Gasteiger partial charge >= 0.3 is 0 Å². The maximum atomic E-state index is 6.13. The molecular weight excluding hydrogens is 309 g/mol.